The summed E-state index contributed by atoms with van der Waals surface area (Å²) in [6.45, 7) is 6.18. The van der Waals surface area contributed by atoms with Crippen LogP contribution >= 0.6 is 0 Å². The SMILES string of the molecule is Cc1ccc(NC(=O)C(C)N[C@H](C)C2CCCC2)cc1. The average Bonchev–Trinajstić information content (AvgIpc) is 2.95. The highest BCUT2D eigenvalue weighted by atomic mass is 16.2. The lowest BCUT2D eigenvalue weighted by atomic mass is 9.99. The van der Waals surface area contributed by atoms with E-state index in [1.54, 1.807) is 0 Å². The summed E-state index contributed by atoms with van der Waals surface area (Å²) in [4.78, 5) is 12.2. The molecule has 1 aromatic rings. The quantitative estimate of drug-likeness (QED) is 0.863. The van der Waals surface area contributed by atoms with E-state index in [0.29, 0.717) is 6.04 Å². The van der Waals surface area contributed by atoms with Crippen LogP contribution in [-0.2, 0) is 4.79 Å². The van der Waals surface area contributed by atoms with Crippen molar-refractivity contribution in [2.24, 2.45) is 5.92 Å². The molecular weight excluding hydrogens is 248 g/mol. The van der Waals surface area contributed by atoms with Gasteiger partial charge in [0.2, 0.25) is 5.91 Å². The molecule has 1 unspecified atom stereocenters. The summed E-state index contributed by atoms with van der Waals surface area (Å²) in [6.07, 6.45) is 5.25. The molecule has 2 rings (SSSR count). The van der Waals surface area contributed by atoms with Gasteiger partial charge in [0, 0.05) is 11.7 Å². The summed E-state index contributed by atoms with van der Waals surface area (Å²) in [5, 5.41) is 6.40. The maximum Gasteiger partial charge on any atom is 0.241 e. The van der Waals surface area contributed by atoms with Crippen LogP contribution in [0.25, 0.3) is 0 Å². The van der Waals surface area contributed by atoms with Crippen molar-refractivity contribution in [3.8, 4) is 0 Å². The maximum atomic E-state index is 12.2. The molecule has 3 heteroatoms. The molecule has 0 saturated heterocycles. The fraction of sp³-hybridized carbons (Fsp3) is 0.588. The van der Waals surface area contributed by atoms with Gasteiger partial charge >= 0.3 is 0 Å². The van der Waals surface area contributed by atoms with Gasteiger partial charge in [-0.3, -0.25) is 4.79 Å². The van der Waals surface area contributed by atoms with E-state index >= 15 is 0 Å². The van der Waals surface area contributed by atoms with Crippen LogP contribution in [0.4, 0.5) is 5.69 Å². The van der Waals surface area contributed by atoms with Crippen molar-refractivity contribution in [3.05, 3.63) is 29.8 Å². The Labute approximate surface area is 122 Å². The number of rotatable bonds is 5. The predicted molar refractivity (Wildman–Crippen MR) is 83.8 cm³/mol. The maximum absolute atomic E-state index is 12.2. The molecule has 1 amide bonds. The molecular formula is C17H26N2O. The van der Waals surface area contributed by atoms with Crippen LogP contribution in [0.1, 0.15) is 45.1 Å². The smallest absolute Gasteiger partial charge is 0.241 e. The number of hydrogen-bond donors (Lipinski definition) is 2. The van der Waals surface area contributed by atoms with Crippen molar-refractivity contribution in [2.75, 3.05) is 5.32 Å². The molecule has 0 radical (unpaired) electrons. The molecule has 0 aromatic heterocycles. The Balaban J connectivity index is 1.83. The van der Waals surface area contributed by atoms with Crippen molar-refractivity contribution in [1.29, 1.82) is 0 Å². The summed E-state index contributed by atoms with van der Waals surface area (Å²) >= 11 is 0. The van der Waals surface area contributed by atoms with Crippen molar-refractivity contribution in [1.82, 2.24) is 5.32 Å². The van der Waals surface area contributed by atoms with Crippen LogP contribution in [0.15, 0.2) is 24.3 Å². The third kappa shape index (κ3) is 4.07. The van der Waals surface area contributed by atoms with Gasteiger partial charge in [-0.15, -0.1) is 0 Å². The minimum Gasteiger partial charge on any atom is -0.325 e. The van der Waals surface area contributed by atoms with Gasteiger partial charge < -0.3 is 10.6 Å². The van der Waals surface area contributed by atoms with Gasteiger partial charge in [-0.05, 0) is 51.7 Å². The zero-order valence-electron chi connectivity index (χ0n) is 12.8. The van der Waals surface area contributed by atoms with E-state index in [9.17, 15) is 4.79 Å². The predicted octanol–water partition coefficient (Wildman–Crippen LogP) is 3.49. The number of carbonyl (C=O) groups is 1. The monoisotopic (exact) mass is 274 g/mol. The Morgan fingerprint density at radius 3 is 2.35 bits per heavy atom. The summed E-state index contributed by atoms with van der Waals surface area (Å²) in [5.74, 6) is 0.767. The number of carbonyl (C=O) groups excluding carboxylic acids is 1. The highest BCUT2D eigenvalue weighted by molar-refractivity contribution is 5.94. The lowest BCUT2D eigenvalue weighted by molar-refractivity contribution is -0.118. The number of benzene rings is 1. The summed E-state index contributed by atoms with van der Waals surface area (Å²) in [6, 6.07) is 8.16. The van der Waals surface area contributed by atoms with Gasteiger partial charge in [0.25, 0.3) is 0 Å². The summed E-state index contributed by atoms with van der Waals surface area (Å²) in [7, 11) is 0. The topological polar surface area (TPSA) is 41.1 Å². The van der Waals surface area contributed by atoms with Gasteiger partial charge in [-0.25, -0.2) is 0 Å². The van der Waals surface area contributed by atoms with Crippen LogP contribution in [-0.4, -0.2) is 18.0 Å². The number of anilines is 1. The number of aryl methyl sites for hydroxylation is 1. The van der Waals surface area contributed by atoms with Gasteiger partial charge in [0.15, 0.2) is 0 Å². The lowest BCUT2D eigenvalue weighted by Crippen LogP contribution is -2.45. The Hall–Kier alpha value is -1.35. The molecule has 1 aliphatic carbocycles. The molecule has 1 saturated carbocycles. The second-order valence-electron chi connectivity index (χ2n) is 6.08. The zero-order chi connectivity index (χ0) is 14.5. The fourth-order valence-corrected chi connectivity index (χ4v) is 2.95. The first-order chi connectivity index (χ1) is 9.56. The van der Waals surface area contributed by atoms with E-state index in [4.69, 9.17) is 0 Å². The molecule has 3 nitrogen and oxygen atoms in total. The molecule has 0 spiro atoms. The molecule has 0 bridgehead atoms. The molecule has 20 heavy (non-hydrogen) atoms. The molecule has 110 valence electrons. The molecule has 1 aliphatic rings. The molecule has 1 fully saturated rings. The van der Waals surface area contributed by atoms with E-state index in [1.807, 2.05) is 38.1 Å². The Bertz CT molecular complexity index is 435. The van der Waals surface area contributed by atoms with Gasteiger partial charge in [0.1, 0.15) is 0 Å². The third-order valence-electron chi connectivity index (χ3n) is 4.33. The highest BCUT2D eigenvalue weighted by Crippen LogP contribution is 2.27. The fourth-order valence-electron chi connectivity index (χ4n) is 2.95. The van der Waals surface area contributed by atoms with Crippen molar-refractivity contribution >= 4 is 11.6 Å². The molecule has 0 aliphatic heterocycles. The Morgan fingerprint density at radius 1 is 1.15 bits per heavy atom. The Morgan fingerprint density at radius 2 is 1.75 bits per heavy atom. The van der Waals surface area contributed by atoms with Gasteiger partial charge in [0.05, 0.1) is 6.04 Å². The second-order valence-corrected chi connectivity index (χ2v) is 6.08. The highest BCUT2D eigenvalue weighted by Gasteiger charge is 2.24. The second kappa shape index (κ2) is 6.89. The largest absolute Gasteiger partial charge is 0.325 e. The van der Waals surface area contributed by atoms with E-state index in [1.165, 1.54) is 31.2 Å². The zero-order valence-corrected chi connectivity index (χ0v) is 12.8. The summed E-state index contributed by atoms with van der Waals surface area (Å²) in [5.41, 5.74) is 2.06. The van der Waals surface area contributed by atoms with Crippen LogP contribution in [0.2, 0.25) is 0 Å². The van der Waals surface area contributed by atoms with E-state index in [0.717, 1.165) is 11.6 Å². The first-order valence-corrected chi connectivity index (χ1v) is 7.70. The van der Waals surface area contributed by atoms with Crippen LogP contribution in [0.5, 0.6) is 0 Å². The lowest BCUT2D eigenvalue weighted by Gasteiger charge is -2.24. The minimum absolute atomic E-state index is 0.0405. The van der Waals surface area contributed by atoms with Gasteiger partial charge in [-0.2, -0.15) is 0 Å². The first-order valence-electron chi connectivity index (χ1n) is 7.70. The normalized spacial score (nSPS) is 18.8. The third-order valence-corrected chi connectivity index (χ3v) is 4.33. The van der Waals surface area contributed by atoms with E-state index in [-0.39, 0.29) is 11.9 Å². The van der Waals surface area contributed by atoms with E-state index < -0.39 is 0 Å². The van der Waals surface area contributed by atoms with Crippen LogP contribution in [0.3, 0.4) is 0 Å². The molecule has 2 N–H and O–H groups in total. The number of nitrogens with one attached hydrogen (secondary N) is 2. The van der Waals surface area contributed by atoms with Crippen molar-refractivity contribution in [3.63, 3.8) is 0 Å². The summed E-state index contributed by atoms with van der Waals surface area (Å²) < 4.78 is 0. The standard InChI is InChI=1S/C17H26N2O/c1-12-8-10-16(11-9-12)19-17(20)14(3)18-13(2)15-6-4-5-7-15/h8-11,13-15,18H,4-7H2,1-3H3,(H,19,20)/t13-,14?/m1/s1. The minimum atomic E-state index is -0.160. The van der Waals surface area contributed by atoms with Crippen molar-refractivity contribution in [2.45, 2.75) is 58.5 Å². The molecule has 0 heterocycles. The first kappa shape index (κ1) is 15.0. The average molecular weight is 274 g/mol. The number of hydrogen-bond acceptors (Lipinski definition) is 2. The van der Waals surface area contributed by atoms with Gasteiger partial charge in [-0.1, -0.05) is 30.5 Å². The van der Waals surface area contributed by atoms with Crippen LogP contribution < -0.4 is 10.6 Å². The molecule has 1 aromatic carbocycles. The van der Waals surface area contributed by atoms with Crippen LogP contribution in [0, 0.1) is 12.8 Å². The molecule has 2 atom stereocenters. The van der Waals surface area contributed by atoms with E-state index in [2.05, 4.69) is 17.6 Å². The number of amides is 1. The van der Waals surface area contributed by atoms with Crippen molar-refractivity contribution < 1.29 is 4.79 Å². The Kier molecular flexibility index (Phi) is 5.18.